The van der Waals surface area contributed by atoms with Gasteiger partial charge < -0.3 is 9.13 Å². The van der Waals surface area contributed by atoms with E-state index in [1.807, 2.05) is 11.3 Å². The Labute approximate surface area is 253 Å². The Morgan fingerprint density at radius 2 is 0.791 bits per heavy atom. The summed E-state index contributed by atoms with van der Waals surface area (Å²) in [5, 5.41) is 6.29. The number of fused-ring (bicyclic) bond motifs is 6. The van der Waals surface area contributed by atoms with Gasteiger partial charge in [-0.2, -0.15) is 0 Å². The van der Waals surface area contributed by atoms with E-state index in [0.717, 1.165) is 0 Å². The van der Waals surface area contributed by atoms with E-state index in [9.17, 15) is 0 Å². The van der Waals surface area contributed by atoms with Crippen LogP contribution in [0.5, 0.6) is 0 Å². The van der Waals surface area contributed by atoms with Crippen molar-refractivity contribution in [3.05, 3.63) is 158 Å². The van der Waals surface area contributed by atoms with Crippen molar-refractivity contribution in [1.82, 2.24) is 9.13 Å². The third kappa shape index (κ3) is 3.72. The third-order valence-electron chi connectivity index (χ3n) is 8.55. The van der Waals surface area contributed by atoms with Crippen LogP contribution in [0.25, 0.3) is 75.9 Å². The van der Waals surface area contributed by atoms with Gasteiger partial charge in [0.1, 0.15) is 5.00 Å². The summed E-state index contributed by atoms with van der Waals surface area (Å²) >= 11 is 1.86. The van der Waals surface area contributed by atoms with Crippen LogP contribution >= 0.6 is 11.3 Å². The number of thiophene rings is 1. The van der Waals surface area contributed by atoms with E-state index in [1.165, 1.54) is 75.9 Å². The van der Waals surface area contributed by atoms with Crippen LogP contribution in [0.1, 0.15) is 0 Å². The summed E-state index contributed by atoms with van der Waals surface area (Å²) in [6.45, 7) is 0. The molecular weight excluding hydrogens is 541 g/mol. The fourth-order valence-corrected chi connectivity index (χ4v) is 7.83. The molecule has 0 saturated carbocycles. The molecule has 0 amide bonds. The van der Waals surface area contributed by atoms with Crippen molar-refractivity contribution in [2.75, 3.05) is 0 Å². The molecular formula is C40H26N2S. The summed E-state index contributed by atoms with van der Waals surface area (Å²) in [6.07, 6.45) is 0. The number of hydrogen-bond acceptors (Lipinski definition) is 1. The zero-order chi connectivity index (χ0) is 28.3. The first-order valence-electron chi connectivity index (χ1n) is 14.6. The molecule has 0 N–H and O–H groups in total. The van der Waals surface area contributed by atoms with Crippen molar-refractivity contribution in [3.8, 4) is 32.3 Å². The zero-order valence-corrected chi connectivity index (χ0v) is 24.1. The van der Waals surface area contributed by atoms with Gasteiger partial charge in [-0.3, -0.25) is 0 Å². The maximum Gasteiger partial charge on any atom is 0.103 e. The summed E-state index contributed by atoms with van der Waals surface area (Å²) < 4.78 is 4.90. The summed E-state index contributed by atoms with van der Waals surface area (Å²) in [7, 11) is 0. The number of benzene rings is 6. The maximum atomic E-state index is 2.46. The predicted molar refractivity (Wildman–Crippen MR) is 184 cm³/mol. The van der Waals surface area contributed by atoms with Crippen molar-refractivity contribution in [2.24, 2.45) is 0 Å². The molecule has 43 heavy (non-hydrogen) atoms. The van der Waals surface area contributed by atoms with Crippen molar-refractivity contribution in [1.29, 1.82) is 0 Å². The fraction of sp³-hybridized carbons (Fsp3) is 0. The molecule has 0 aliphatic carbocycles. The molecule has 0 radical (unpaired) electrons. The first-order valence-corrected chi connectivity index (χ1v) is 15.4. The van der Waals surface area contributed by atoms with Crippen LogP contribution in [-0.2, 0) is 0 Å². The molecule has 0 bridgehead atoms. The summed E-state index contributed by atoms with van der Waals surface area (Å²) in [5.41, 5.74) is 9.75. The molecule has 3 heteroatoms. The Hall–Kier alpha value is -5.38. The van der Waals surface area contributed by atoms with Gasteiger partial charge in [0.05, 0.1) is 32.6 Å². The van der Waals surface area contributed by atoms with Crippen LogP contribution in [0.15, 0.2) is 158 Å². The van der Waals surface area contributed by atoms with Gasteiger partial charge in [-0.25, -0.2) is 0 Å². The molecule has 0 saturated heterocycles. The summed E-state index contributed by atoms with van der Waals surface area (Å²) in [6, 6.07) is 57.1. The van der Waals surface area contributed by atoms with Crippen LogP contribution in [0, 0.1) is 0 Å². The first kappa shape index (κ1) is 24.2. The minimum Gasteiger partial charge on any atom is -0.308 e. The van der Waals surface area contributed by atoms with Crippen LogP contribution in [0.3, 0.4) is 0 Å². The second-order valence-corrected chi connectivity index (χ2v) is 12.0. The minimum absolute atomic E-state index is 1.20. The molecule has 0 unspecified atom stereocenters. The fourth-order valence-electron chi connectivity index (χ4n) is 6.66. The Balaban J connectivity index is 1.38. The van der Waals surface area contributed by atoms with Crippen molar-refractivity contribution in [2.45, 2.75) is 0 Å². The second kappa shape index (κ2) is 9.59. The Morgan fingerprint density at radius 1 is 0.349 bits per heavy atom. The van der Waals surface area contributed by atoms with E-state index in [0.29, 0.717) is 0 Å². The summed E-state index contributed by atoms with van der Waals surface area (Å²) in [4.78, 5) is 1.25. The number of para-hydroxylation sites is 4. The van der Waals surface area contributed by atoms with Crippen LogP contribution in [0.4, 0.5) is 0 Å². The Kier molecular flexibility index (Phi) is 5.40. The zero-order valence-electron chi connectivity index (χ0n) is 23.3. The molecule has 0 spiro atoms. The monoisotopic (exact) mass is 566 g/mol. The van der Waals surface area contributed by atoms with Gasteiger partial charge in [-0.05, 0) is 53.1 Å². The molecule has 6 aromatic carbocycles. The SMILES string of the molecule is c1ccc(-c2cccc(-c3sc(-n4c5ccccc5c5ccccc54)cc3-n3c4ccccc4c4ccccc43)c2)cc1. The average Bonchev–Trinajstić information content (AvgIpc) is 3.75. The molecule has 0 aliphatic heterocycles. The van der Waals surface area contributed by atoms with Crippen LogP contribution in [-0.4, -0.2) is 9.13 Å². The topological polar surface area (TPSA) is 9.86 Å². The quantitative estimate of drug-likeness (QED) is 0.200. The maximum absolute atomic E-state index is 2.46. The van der Waals surface area contributed by atoms with Gasteiger partial charge in [0, 0.05) is 21.5 Å². The lowest BCUT2D eigenvalue weighted by Gasteiger charge is -2.10. The van der Waals surface area contributed by atoms with E-state index in [-0.39, 0.29) is 0 Å². The van der Waals surface area contributed by atoms with Gasteiger partial charge >= 0.3 is 0 Å². The average molecular weight is 567 g/mol. The van der Waals surface area contributed by atoms with E-state index >= 15 is 0 Å². The first-order chi connectivity index (χ1) is 21.3. The third-order valence-corrected chi connectivity index (χ3v) is 9.71. The number of hydrogen-bond donors (Lipinski definition) is 0. The normalized spacial score (nSPS) is 11.7. The van der Waals surface area contributed by atoms with Crippen molar-refractivity contribution < 1.29 is 0 Å². The lowest BCUT2D eigenvalue weighted by Crippen LogP contribution is -1.94. The lowest BCUT2D eigenvalue weighted by molar-refractivity contribution is 1.17. The highest BCUT2D eigenvalue weighted by Gasteiger charge is 2.21. The standard InChI is InChI=1S/C40H26N2S/c1-2-13-27(14-3-1)28-15-12-16-29(25-28)40-38(41-34-21-8-4-17-30(34)31-18-5-9-22-35(31)41)26-39(43-40)42-36-23-10-6-19-32(36)33-20-7-11-24-37(33)42/h1-26H. The molecule has 3 heterocycles. The highest BCUT2D eigenvalue weighted by Crippen LogP contribution is 2.44. The Morgan fingerprint density at radius 3 is 1.35 bits per heavy atom. The molecule has 0 aliphatic rings. The van der Waals surface area contributed by atoms with Gasteiger partial charge in [0.25, 0.3) is 0 Å². The Bertz CT molecular complexity index is 2350. The summed E-state index contributed by atoms with van der Waals surface area (Å²) in [5.74, 6) is 0. The minimum atomic E-state index is 1.20. The van der Waals surface area contributed by atoms with Crippen molar-refractivity contribution in [3.63, 3.8) is 0 Å². The van der Waals surface area contributed by atoms with Gasteiger partial charge in [-0.15, -0.1) is 11.3 Å². The van der Waals surface area contributed by atoms with Crippen molar-refractivity contribution >= 4 is 54.9 Å². The molecule has 0 atom stereocenters. The lowest BCUT2D eigenvalue weighted by atomic mass is 10.0. The molecule has 0 fully saturated rings. The van der Waals surface area contributed by atoms with Crippen LogP contribution < -0.4 is 0 Å². The van der Waals surface area contributed by atoms with E-state index in [4.69, 9.17) is 0 Å². The van der Waals surface area contributed by atoms with E-state index in [1.54, 1.807) is 0 Å². The van der Waals surface area contributed by atoms with Crippen LogP contribution in [0.2, 0.25) is 0 Å². The number of rotatable bonds is 4. The molecule has 202 valence electrons. The van der Waals surface area contributed by atoms with Gasteiger partial charge in [-0.1, -0.05) is 121 Å². The highest BCUT2D eigenvalue weighted by molar-refractivity contribution is 7.18. The number of aromatic nitrogens is 2. The smallest absolute Gasteiger partial charge is 0.103 e. The molecule has 3 aromatic heterocycles. The molecule has 9 aromatic rings. The molecule has 9 rings (SSSR count). The predicted octanol–water partition coefficient (Wildman–Crippen LogP) is 11.3. The largest absolute Gasteiger partial charge is 0.308 e. The van der Waals surface area contributed by atoms with Gasteiger partial charge in [0.2, 0.25) is 0 Å². The van der Waals surface area contributed by atoms with Gasteiger partial charge in [0.15, 0.2) is 0 Å². The second-order valence-electron chi connectivity index (χ2n) is 11.0. The van der Waals surface area contributed by atoms with E-state index in [2.05, 4.69) is 167 Å². The van der Waals surface area contributed by atoms with E-state index < -0.39 is 0 Å². The number of nitrogens with zero attached hydrogens (tertiary/aromatic N) is 2. The molecule has 2 nitrogen and oxygen atoms in total. The highest BCUT2D eigenvalue weighted by atomic mass is 32.1.